The molecule has 0 aliphatic rings. The Bertz CT molecular complexity index is 1630. The summed E-state index contributed by atoms with van der Waals surface area (Å²) in [5.41, 5.74) is 5.31. The van der Waals surface area contributed by atoms with E-state index in [9.17, 15) is 9.59 Å². The lowest BCUT2D eigenvalue weighted by Crippen LogP contribution is -2.22. The van der Waals surface area contributed by atoms with Crippen LogP contribution in [-0.2, 0) is 9.59 Å². The number of rotatable bonds is 11. The topological polar surface area (TPSA) is 58.2 Å². The molecule has 0 aliphatic heterocycles. The van der Waals surface area contributed by atoms with Crippen LogP contribution < -0.4 is 10.6 Å². The Kier molecular flexibility index (Phi) is 10.3. The molecule has 0 bridgehead atoms. The second-order valence-corrected chi connectivity index (χ2v) is 13.0. The predicted molar refractivity (Wildman–Crippen MR) is 191 cm³/mol. The van der Waals surface area contributed by atoms with Crippen LogP contribution in [0.15, 0.2) is 180 Å². The van der Waals surface area contributed by atoms with Gasteiger partial charge in [0.05, 0.1) is 11.8 Å². The second kappa shape index (κ2) is 15.3. The van der Waals surface area contributed by atoms with E-state index in [1.807, 2.05) is 170 Å². The van der Waals surface area contributed by atoms with E-state index in [4.69, 9.17) is 0 Å². The van der Waals surface area contributed by atoms with Crippen LogP contribution in [0.2, 0.25) is 0 Å². The van der Waals surface area contributed by atoms with Gasteiger partial charge >= 0.3 is 0 Å². The summed E-state index contributed by atoms with van der Waals surface area (Å²) in [4.78, 5) is 29.0. The molecule has 0 saturated carbocycles. The van der Waals surface area contributed by atoms with E-state index >= 15 is 0 Å². The molecule has 6 aromatic rings. The minimum atomic E-state index is -0.401. The van der Waals surface area contributed by atoms with Gasteiger partial charge in [-0.25, -0.2) is 0 Å². The molecule has 6 rings (SSSR count). The molecule has 46 heavy (non-hydrogen) atoms. The molecule has 0 aliphatic carbocycles. The summed E-state index contributed by atoms with van der Waals surface area (Å²) in [5.74, 6) is -0.943. The molecule has 0 heterocycles. The number of anilines is 2. The standard InChI is InChI=1S/C40H32N2O2S2/c43-39(37(29-13-5-1-6-14-29)30-15-7-2-8-16-30)41-33-21-25-35(26-22-33)45-46-36-27-23-34(24-28-36)42-40(44)38(31-17-9-3-10-18-31)32-19-11-4-12-20-32/h1-28,37-38H,(H,41,43)(H,42,44). The molecule has 0 fully saturated rings. The number of benzene rings is 6. The summed E-state index contributed by atoms with van der Waals surface area (Å²) in [6, 6.07) is 55.2. The molecule has 6 aromatic carbocycles. The zero-order valence-corrected chi connectivity index (χ0v) is 26.6. The van der Waals surface area contributed by atoms with Crippen molar-refractivity contribution < 1.29 is 9.59 Å². The van der Waals surface area contributed by atoms with Gasteiger partial charge in [-0.1, -0.05) is 143 Å². The first-order valence-electron chi connectivity index (χ1n) is 15.0. The molecule has 226 valence electrons. The first-order valence-corrected chi connectivity index (χ1v) is 17.2. The Morgan fingerprint density at radius 2 is 0.630 bits per heavy atom. The Morgan fingerprint density at radius 1 is 0.370 bits per heavy atom. The van der Waals surface area contributed by atoms with Gasteiger partial charge in [-0.05, 0) is 70.8 Å². The summed E-state index contributed by atoms with van der Waals surface area (Å²) >= 11 is 0. The van der Waals surface area contributed by atoms with Crippen LogP contribution in [0.3, 0.4) is 0 Å². The Balaban J connectivity index is 1.05. The van der Waals surface area contributed by atoms with E-state index in [0.717, 1.165) is 43.4 Å². The third kappa shape index (κ3) is 7.96. The molecule has 4 nitrogen and oxygen atoms in total. The lowest BCUT2D eigenvalue weighted by Gasteiger charge is -2.18. The highest BCUT2D eigenvalue weighted by molar-refractivity contribution is 8.76. The zero-order chi connectivity index (χ0) is 31.6. The Morgan fingerprint density at radius 3 is 0.891 bits per heavy atom. The van der Waals surface area contributed by atoms with Crippen LogP contribution in [0.25, 0.3) is 0 Å². The average molecular weight is 637 g/mol. The van der Waals surface area contributed by atoms with Gasteiger partial charge in [-0.15, -0.1) is 0 Å². The molecule has 2 N–H and O–H groups in total. The number of hydrogen-bond donors (Lipinski definition) is 2. The van der Waals surface area contributed by atoms with Crippen LogP contribution in [0.4, 0.5) is 11.4 Å². The molecule has 0 saturated heterocycles. The van der Waals surface area contributed by atoms with Gasteiger partial charge in [0.1, 0.15) is 0 Å². The van der Waals surface area contributed by atoms with Crippen LogP contribution in [0, 0.1) is 0 Å². The fourth-order valence-electron chi connectivity index (χ4n) is 5.29. The van der Waals surface area contributed by atoms with Gasteiger partial charge in [-0.3, -0.25) is 9.59 Å². The molecular formula is C40H32N2O2S2. The molecule has 0 aromatic heterocycles. The van der Waals surface area contributed by atoms with Crippen molar-refractivity contribution in [2.45, 2.75) is 21.6 Å². The van der Waals surface area contributed by atoms with Crippen molar-refractivity contribution in [2.75, 3.05) is 10.6 Å². The van der Waals surface area contributed by atoms with Crippen LogP contribution >= 0.6 is 21.6 Å². The van der Waals surface area contributed by atoms with Crippen molar-refractivity contribution in [3.8, 4) is 0 Å². The third-order valence-electron chi connectivity index (χ3n) is 7.53. The van der Waals surface area contributed by atoms with Crippen LogP contribution in [-0.4, -0.2) is 11.8 Å². The number of hydrogen-bond acceptors (Lipinski definition) is 4. The maximum Gasteiger partial charge on any atom is 0.236 e. The Labute approximate surface area is 277 Å². The highest BCUT2D eigenvalue weighted by Crippen LogP contribution is 2.38. The van der Waals surface area contributed by atoms with E-state index in [1.54, 1.807) is 21.6 Å². The van der Waals surface area contributed by atoms with Gasteiger partial charge in [0.15, 0.2) is 0 Å². The smallest absolute Gasteiger partial charge is 0.236 e. The van der Waals surface area contributed by atoms with Crippen LogP contribution in [0.5, 0.6) is 0 Å². The predicted octanol–water partition coefficient (Wildman–Crippen LogP) is 10.0. The number of nitrogens with one attached hydrogen (secondary N) is 2. The molecule has 0 unspecified atom stereocenters. The van der Waals surface area contributed by atoms with Crippen molar-refractivity contribution >= 4 is 44.8 Å². The highest BCUT2D eigenvalue weighted by atomic mass is 33.1. The van der Waals surface area contributed by atoms with Gasteiger partial charge in [0.25, 0.3) is 0 Å². The first kappa shape index (κ1) is 31.0. The van der Waals surface area contributed by atoms with E-state index in [-0.39, 0.29) is 11.8 Å². The molecule has 0 radical (unpaired) electrons. The largest absolute Gasteiger partial charge is 0.325 e. The van der Waals surface area contributed by atoms with Gasteiger partial charge in [-0.2, -0.15) is 0 Å². The summed E-state index contributed by atoms with van der Waals surface area (Å²) < 4.78 is 0. The van der Waals surface area contributed by atoms with E-state index in [1.165, 1.54) is 0 Å². The van der Waals surface area contributed by atoms with E-state index in [0.29, 0.717) is 0 Å². The van der Waals surface area contributed by atoms with Crippen molar-refractivity contribution in [3.63, 3.8) is 0 Å². The highest BCUT2D eigenvalue weighted by Gasteiger charge is 2.24. The molecule has 6 heteroatoms. The van der Waals surface area contributed by atoms with Crippen molar-refractivity contribution in [1.29, 1.82) is 0 Å². The zero-order valence-electron chi connectivity index (χ0n) is 25.0. The SMILES string of the molecule is O=C(Nc1ccc(SSc2ccc(NC(=O)C(c3ccccc3)c3ccccc3)cc2)cc1)C(c1ccccc1)c1ccccc1. The van der Waals surface area contributed by atoms with Gasteiger partial charge in [0.2, 0.25) is 11.8 Å². The van der Waals surface area contributed by atoms with E-state index in [2.05, 4.69) is 10.6 Å². The van der Waals surface area contributed by atoms with Crippen LogP contribution in [0.1, 0.15) is 34.1 Å². The van der Waals surface area contributed by atoms with Crippen molar-refractivity contribution in [1.82, 2.24) is 0 Å². The minimum absolute atomic E-state index is 0.0711. The summed E-state index contributed by atoms with van der Waals surface area (Å²) in [7, 11) is 3.27. The second-order valence-electron chi connectivity index (χ2n) is 10.7. The number of carbonyl (C=O) groups excluding carboxylic acids is 2. The molecular weight excluding hydrogens is 605 g/mol. The Hall–Kier alpha value is -5.04. The first-order chi connectivity index (χ1) is 22.6. The lowest BCUT2D eigenvalue weighted by atomic mass is 9.90. The maximum atomic E-state index is 13.4. The summed E-state index contributed by atoms with van der Waals surface area (Å²) in [6.45, 7) is 0. The maximum absolute atomic E-state index is 13.4. The fourth-order valence-corrected chi connectivity index (χ4v) is 7.22. The van der Waals surface area contributed by atoms with Crippen molar-refractivity contribution in [3.05, 3.63) is 192 Å². The molecule has 0 spiro atoms. The monoisotopic (exact) mass is 636 g/mol. The van der Waals surface area contributed by atoms with E-state index < -0.39 is 11.8 Å². The summed E-state index contributed by atoms with van der Waals surface area (Å²) in [6.07, 6.45) is 0. The summed E-state index contributed by atoms with van der Waals surface area (Å²) in [5, 5.41) is 6.20. The number of amides is 2. The average Bonchev–Trinajstić information content (AvgIpc) is 3.11. The number of carbonyl (C=O) groups is 2. The van der Waals surface area contributed by atoms with Gasteiger partial charge in [0, 0.05) is 21.2 Å². The third-order valence-corrected chi connectivity index (χ3v) is 9.95. The fraction of sp³-hybridized carbons (Fsp3) is 0.0500. The normalized spacial score (nSPS) is 10.9. The minimum Gasteiger partial charge on any atom is -0.325 e. The lowest BCUT2D eigenvalue weighted by molar-refractivity contribution is -0.117. The van der Waals surface area contributed by atoms with Crippen molar-refractivity contribution in [2.24, 2.45) is 0 Å². The molecule has 0 atom stereocenters. The van der Waals surface area contributed by atoms with Gasteiger partial charge < -0.3 is 10.6 Å². The quantitative estimate of drug-likeness (QED) is 0.139. The molecule has 2 amide bonds.